The molecule has 1 fully saturated rings. The molecular formula is C27H25FN4O. The van der Waals surface area contributed by atoms with E-state index in [2.05, 4.69) is 16.3 Å². The van der Waals surface area contributed by atoms with Crippen LogP contribution in [0.3, 0.4) is 0 Å². The summed E-state index contributed by atoms with van der Waals surface area (Å²) in [5.74, 6) is -0.591. The first kappa shape index (κ1) is 21.2. The molecule has 5 nitrogen and oxygen atoms in total. The van der Waals surface area contributed by atoms with Crippen LogP contribution in [0.2, 0.25) is 0 Å². The van der Waals surface area contributed by atoms with Crippen LogP contribution in [-0.2, 0) is 12.2 Å². The molecule has 6 heteroatoms. The van der Waals surface area contributed by atoms with Crippen LogP contribution < -0.4 is 16.0 Å². The molecule has 5 rings (SSSR count). The van der Waals surface area contributed by atoms with Crippen LogP contribution in [-0.4, -0.2) is 19.0 Å². The van der Waals surface area contributed by atoms with Crippen molar-refractivity contribution in [1.29, 1.82) is 5.26 Å². The highest BCUT2D eigenvalue weighted by atomic mass is 19.1. The van der Waals surface area contributed by atoms with Crippen LogP contribution in [0.15, 0.2) is 66.7 Å². The van der Waals surface area contributed by atoms with Gasteiger partial charge in [0.1, 0.15) is 6.07 Å². The standard InChI is InChI=1S/C27H25FN4O/c28-27(20-11-13-32(14-12-20)25-10-9-18(16-29)15-19(25)17-30)22-6-2-1-5-21(22)26(33)31-24-8-4-3-7-23(24)27/h1-10,15,20H,11-14,16,29H2,(H,31,33). The predicted octanol–water partition coefficient (Wildman–Crippen LogP) is 4.71. The summed E-state index contributed by atoms with van der Waals surface area (Å²) in [6.07, 6.45) is 1.19. The van der Waals surface area contributed by atoms with Gasteiger partial charge in [-0.25, -0.2) is 4.39 Å². The number of alkyl halides is 1. The predicted molar refractivity (Wildman–Crippen MR) is 127 cm³/mol. The SMILES string of the molecule is N#Cc1cc(CN)ccc1N1CCC(C2(F)c3ccccc3NC(=O)c3ccccc32)CC1. The first-order valence-corrected chi connectivity index (χ1v) is 11.2. The number of nitrogens with two attached hydrogens (primary N) is 1. The average molecular weight is 441 g/mol. The van der Waals surface area contributed by atoms with Gasteiger partial charge >= 0.3 is 0 Å². The molecule has 3 aromatic rings. The fourth-order valence-corrected chi connectivity index (χ4v) is 5.28. The second-order valence-corrected chi connectivity index (χ2v) is 8.69. The van der Waals surface area contributed by atoms with E-state index in [1.54, 1.807) is 36.4 Å². The van der Waals surface area contributed by atoms with E-state index in [0.29, 0.717) is 60.4 Å². The Morgan fingerprint density at radius 3 is 2.48 bits per heavy atom. The molecule has 1 unspecified atom stereocenters. The summed E-state index contributed by atoms with van der Waals surface area (Å²) in [7, 11) is 0. The van der Waals surface area contributed by atoms with E-state index in [0.717, 1.165) is 11.3 Å². The molecule has 2 aliphatic heterocycles. The maximum absolute atomic E-state index is 17.4. The third-order valence-electron chi connectivity index (χ3n) is 6.95. The minimum absolute atomic E-state index is 0.284. The number of fused-ring (bicyclic) bond motifs is 2. The number of hydrogen-bond donors (Lipinski definition) is 2. The molecule has 0 aliphatic carbocycles. The van der Waals surface area contributed by atoms with E-state index in [1.165, 1.54) is 0 Å². The zero-order chi connectivity index (χ0) is 23.0. The zero-order valence-corrected chi connectivity index (χ0v) is 18.2. The lowest BCUT2D eigenvalue weighted by atomic mass is 9.72. The highest BCUT2D eigenvalue weighted by Gasteiger charge is 2.48. The third-order valence-corrected chi connectivity index (χ3v) is 6.95. The molecule has 0 spiro atoms. The van der Waals surface area contributed by atoms with Crippen LogP contribution in [0.1, 0.15) is 45.5 Å². The van der Waals surface area contributed by atoms with Gasteiger partial charge in [-0.1, -0.05) is 42.5 Å². The lowest BCUT2D eigenvalue weighted by Crippen LogP contribution is -2.42. The van der Waals surface area contributed by atoms with Gasteiger partial charge in [0.15, 0.2) is 5.67 Å². The van der Waals surface area contributed by atoms with E-state index in [-0.39, 0.29) is 11.8 Å². The van der Waals surface area contributed by atoms with Crippen molar-refractivity contribution in [3.63, 3.8) is 0 Å². The highest BCUT2D eigenvalue weighted by molar-refractivity contribution is 6.07. The molecule has 166 valence electrons. The van der Waals surface area contributed by atoms with Crippen molar-refractivity contribution in [2.45, 2.75) is 25.1 Å². The highest BCUT2D eigenvalue weighted by Crippen LogP contribution is 2.50. The number of amides is 1. The molecule has 1 amide bonds. The summed E-state index contributed by atoms with van der Waals surface area (Å²) in [5, 5.41) is 12.5. The molecule has 0 aromatic heterocycles. The van der Waals surface area contributed by atoms with Crippen molar-refractivity contribution in [2.24, 2.45) is 11.7 Å². The number of halogens is 1. The molecule has 2 aliphatic rings. The number of para-hydroxylation sites is 1. The molecule has 3 aromatic carbocycles. The fraction of sp³-hybridized carbons (Fsp3) is 0.259. The Morgan fingerprint density at radius 1 is 1.06 bits per heavy atom. The van der Waals surface area contributed by atoms with Crippen molar-refractivity contribution in [1.82, 2.24) is 0 Å². The Labute approximate surface area is 192 Å². The number of nitrogens with one attached hydrogen (secondary N) is 1. The monoisotopic (exact) mass is 440 g/mol. The number of anilines is 2. The first-order chi connectivity index (χ1) is 16.1. The molecule has 0 radical (unpaired) electrons. The summed E-state index contributed by atoms with van der Waals surface area (Å²) in [5.41, 5.74) is 8.13. The number of benzene rings is 3. The van der Waals surface area contributed by atoms with Gasteiger partial charge in [0.25, 0.3) is 5.91 Å². The minimum Gasteiger partial charge on any atom is -0.370 e. The minimum atomic E-state index is -1.79. The molecule has 1 atom stereocenters. The third kappa shape index (κ3) is 3.46. The molecule has 33 heavy (non-hydrogen) atoms. The second kappa shape index (κ2) is 8.34. The number of rotatable bonds is 3. The zero-order valence-electron chi connectivity index (χ0n) is 18.2. The topological polar surface area (TPSA) is 82.2 Å². The van der Waals surface area contributed by atoms with Crippen molar-refractivity contribution in [3.05, 3.63) is 94.5 Å². The van der Waals surface area contributed by atoms with Gasteiger partial charge < -0.3 is 16.0 Å². The van der Waals surface area contributed by atoms with Crippen LogP contribution >= 0.6 is 0 Å². The van der Waals surface area contributed by atoms with E-state index in [1.807, 2.05) is 30.3 Å². The largest absolute Gasteiger partial charge is 0.370 e. The van der Waals surface area contributed by atoms with E-state index in [9.17, 15) is 10.1 Å². The summed E-state index contributed by atoms with van der Waals surface area (Å²) in [4.78, 5) is 15.0. The maximum Gasteiger partial charge on any atom is 0.256 e. The van der Waals surface area contributed by atoms with Crippen molar-refractivity contribution >= 4 is 17.3 Å². The summed E-state index contributed by atoms with van der Waals surface area (Å²) >= 11 is 0. The van der Waals surface area contributed by atoms with Crippen molar-refractivity contribution in [3.8, 4) is 6.07 Å². The Balaban J connectivity index is 1.51. The van der Waals surface area contributed by atoms with Crippen molar-refractivity contribution in [2.75, 3.05) is 23.3 Å². The summed E-state index contributed by atoms with van der Waals surface area (Å²) in [6, 6.07) is 22.1. The van der Waals surface area contributed by atoms with Gasteiger partial charge in [-0.2, -0.15) is 5.26 Å². The maximum atomic E-state index is 17.4. The van der Waals surface area contributed by atoms with Crippen LogP contribution in [0.4, 0.5) is 15.8 Å². The van der Waals surface area contributed by atoms with Crippen molar-refractivity contribution < 1.29 is 9.18 Å². The quantitative estimate of drug-likeness (QED) is 0.618. The van der Waals surface area contributed by atoms with Gasteiger partial charge in [0.05, 0.1) is 11.3 Å². The second-order valence-electron chi connectivity index (χ2n) is 8.69. The van der Waals surface area contributed by atoms with Gasteiger partial charge in [0, 0.05) is 47.9 Å². The fourth-order valence-electron chi connectivity index (χ4n) is 5.28. The van der Waals surface area contributed by atoms with Gasteiger partial charge in [-0.3, -0.25) is 4.79 Å². The summed E-state index contributed by atoms with van der Waals surface area (Å²) < 4.78 is 17.4. The Kier molecular flexibility index (Phi) is 5.35. The van der Waals surface area contributed by atoms with Gasteiger partial charge in [-0.15, -0.1) is 0 Å². The Morgan fingerprint density at radius 2 is 1.76 bits per heavy atom. The number of carbonyl (C=O) groups excluding carboxylic acids is 1. The van der Waals surface area contributed by atoms with Crippen LogP contribution in [0, 0.1) is 17.2 Å². The first-order valence-electron chi connectivity index (χ1n) is 11.2. The molecule has 2 heterocycles. The molecule has 0 bridgehead atoms. The smallest absolute Gasteiger partial charge is 0.256 e. The Hall–Kier alpha value is -3.69. The number of carbonyl (C=O) groups is 1. The van der Waals surface area contributed by atoms with Gasteiger partial charge in [0.2, 0.25) is 0 Å². The van der Waals surface area contributed by atoms with Gasteiger partial charge in [-0.05, 0) is 42.7 Å². The molecule has 1 saturated heterocycles. The van der Waals surface area contributed by atoms with E-state index >= 15 is 4.39 Å². The Bertz CT molecular complexity index is 1260. The number of hydrogen-bond acceptors (Lipinski definition) is 4. The van der Waals surface area contributed by atoms with Crippen LogP contribution in [0.25, 0.3) is 0 Å². The summed E-state index contributed by atoms with van der Waals surface area (Å²) in [6.45, 7) is 1.63. The molecule has 0 saturated carbocycles. The lowest BCUT2D eigenvalue weighted by molar-refractivity contribution is 0.0983. The lowest BCUT2D eigenvalue weighted by Gasteiger charge is -2.41. The molecule has 3 N–H and O–H groups in total. The average Bonchev–Trinajstić information content (AvgIpc) is 2.97. The molecular weight excluding hydrogens is 415 g/mol. The number of nitrogens with zero attached hydrogens (tertiary/aromatic N) is 2. The normalized spacial score (nSPS) is 20.3. The number of piperidine rings is 1. The van der Waals surface area contributed by atoms with Crippen LogP contribution in [0.5, 0.6) is 0 Å². The number of nitriles is 1. The van der Waals surface area contributed by atoms with E-state index < -0.39 is 5.67 Å². The van der Waals surface area contributed by atoms with E-state index in [4.69, 9.17) is 5.73 Å².